The number of hydrogen-bond donors (Lipinski definition) is 1. The molecule has 0 amide bonds. The SMILES string of the molecule is C#CCOC1CNC(C(C)C)C1. The van der Waals surface area contributed by atoms with Crippen LogP contribution in [-0.2, 0) is 4.74 Å². The van der Waals surface area contributed by atoms with Crippen LogP contribution in [0.3, 0.4) is 0 Å². The molecule has 0 aromatic carbocycles. The van der Waals surface area contributed by atoms with Crippen molar-refractivity contribution in [3.63, 3.8) is 0 Å². The second-order valence-corrected chi connectivity index (χ2v) is 3.63. The molecule has 1 heterocycles. The highest BCUT2D eigenvalue weighted by molar-refractivity contribution is 4.88. The van der Waals surface area contributed by atoms with Gasteiger partial charge in [-0.2, -0.15) is 0 Å². The lowest BCUT2D eigenvalue weighted by molar-refractivity contribution is 0.0903. The first kappa shape index (κ1) is 9.57. The van der Waals surface area contributed by atoms with E-state index in [0.29, 0.717) is 24.7 Å². The summed E-state index contributed by atoms with van der Waals surface area (Å²) in [4.78, 5) is 0. The lowest BCUT2D eigenvalue weighted by Crippen LogP contribution is -2.26. The van der Waals surface area contributed by atoms with Gasteiger partial charge < -0.3 is 10.1 Å². The molecule has 1 aliphatic heterocycles. The summed E-state index contributed by atoms with van der Waals surface area (Å²) in [6.45, 7) is 5.84. The minimum atomic E-state index is 0.327. The number of nitrogens with one attached hydrogen (secondary N) is 1. The van der Waals surface area contributed by atoms with E-state index in [4.69, 9.17) is 11.2 Å². The Kier molecular flexibility index (Phi) is 3.58. The van der Waals surface area contributed by atoms with Crippen LogP contribution >= 0.6 is 0 Å². The van der Waals surface area contributed by atoms with Crippen molar-refractivity contribution in [2.45, 2.75) is 32.4 Å². The smallest absolute Gasteiger partial charge is 0.107 e. The van der Waals surface area contributed by atoms with E-state index >= 15 is 0 Å². The molecule has 1 aliphatic rings. The van der Waals surface area contributed by atoms with Crippen LogP contribution in [0.15, 0.2) is 0 Å². The Morgan fingerprint density at radius 3 is 2.92 bits per heavy atom. The molecule has 2 unspecified atom stereocenters. The van der Waals surface area contributed by atoms with Crippen molar-refractivity contribution in [2.24, 2.45) is 5.92 Å². The first-order chi connectivity index (χ1) is 5.74. The topological polar surface area (TPSA) is 21.3 Å². The summed E-state index contributed by atoms with van der Waals surface area (Å²) < 4.78 is 5.43. The number of hydrogen-bond acceptors (Lipinski definition) is 2. The molecule has 0 saturated carbocycles. The van der Waals surface area contributed by atoms with Crippen molar-refractivity contribution >= 4 is 0 Å². The maximum Gasteiger partial charge on any atom is 0.107 e. The van der Waals surface area contributed by atoms with Crippen molar-refractivity contribution < 1.29 is 4.74 Å². The monoisotopic (exact) mass is 167 g/mol. The first-order valence-corrected chi connectivity index (χ1v) is 4.52. The maximum absolute atomic E-state index is 5.43. The summed E-state index contributed by atoms with van der Waals surface area (Å²) >= 11 is 0. The van der Waals surface area contributed by atoms with Crippen LogP contribution in [0.2, 0.25) is 0 Å². The molecule has 2 atom stereocenters. The highest BCUT2D eigenvalue weighted by Crippen LogP contribution is 2.16. The molecule has 0 bridgehead atoms. The van der Waals surface area contributed by atoms with Crippen LogP contribution in [0.5, 0.6) is 0 Å². The molecule has 0 spiro atoms. The van der Waals surface area contributed by atoms with Crippen molar-refractivity contribution in [1.29, 1.82) is 0 Å². The molecule has 1 rings (SSSR count). The van der Waals surface area contributed by atoms with Crippen LogP contribution < -0.4 is 5.32 Å². The third-order valence-electron chi connectivity index (χ3n) is 2.33. The molecule has 0 aliphatic carbocycles. The van der Waals surface area contributed by atoms with E-state index in [0.717, 1.165) is 13.0 Å². The lowest BCUT2D eigenvalue weighted by atomic mass is 10.0. The van der Waals surface area contributed by atoms with Crippen LogP contribution in [0.25, 0.3) is 0 Å². The Morgan fingerprint density at radius 1 is 1.67 bits per heavy atom. The van der Waals surface area contributed by atoms with Crippen LogP contribution in [0, 0.1) is 18.3 Å². The van der Waals surface area contributed by atoms with Gasteiger partial charge >= 0.3 is 0 Å². The molecule has 2 nitrogen and oxygen atoms in total. The number of rotatable bonds is 3. The molecule has 1 N–H and O–H groups in total. The molecular formula is C10H17NO. The zero-order valence-corrected chi connectivity index (χ0v) is 7.84. The van der Waals surface area contributed by atoms with Crippen LogP contribution in [0.4, 0.5) is 0 Å². The average Bonchev–Trinajstić information content (AvgIpc) is 2.48. The van der Waals surface area contributed by atoms with E-state index in [1.54, 1.807) is 0 Å². The van der Waals surface area contributed by atoms with Gasteiger partial charge in [0.05, 0.1) is 6.10 Å². The Morgan fingerprint density at radius 2 is 2.42 bits per heavy atom. The molecule has 0 aromatic rings. The fourth-order valence-electron chi connectivity index (χ4n) is 1.53. The number of terminal acetylenes is 1. The van der Waals surface area contributed by atoms with E-state index in [-0.39, 0.29) is 0 Å². The third-order valence-corrected chi connectivity index (χ3v) is 2.33. The molecular weight excluding hydrogens is 150 g/mol. The van der Waals surface area contributed by atoms with E-state index in [1.165, 1.54) is 0 Å². The quantitative estimate of drug-likeness (QED) is 0.634. The van der Waals surface area contributed by atoms with Crippen molar-refractivity contribution in [1.82, 2.24) is 5.32 Å². The first-order valence-electron chi connectivity index (χ1n) is 4.52. The summed E-state index contributed by atoms with van der Waals surface area (Å²) in [7, 11) is 0. The molecule has 0 aromatic heterocycles. The van der Waals surface area contributed by atoms with Gasteiger partial charge in [0.2, 0.25) is 0 Å². The molecule has 0 radical (unpaired) electrons. The standard InChI is InChI=1S/C10H17NO/c1-4-5-12-9-6-10(8(2)3)11-7-9/h1,8-11H,5-7H2,2-3H3. The second-order valence-electron chi connectivity index (χ2n) is 3.63. The molecule has 68 valence electrons. The zero-order chi connectivity index (χ0) is 8.97. The van der Waals surface area contributed by atoms with Gasteiger partial charge in [0.15, 0.2) is 0 Å². The molecule has 2 heteroatoms. The third kappa shape index (κ3) is 2.51. The van der Waals surface area contributed by atoms with Crippen LogP contribution in [-0.4, -0.2) is 25.3 Å². The van der Waals surface area contributed by atoms with Gasteiger partial charge in [-0.15, -0.1) is 6.42 Å². The minimum absolute atomic E-state index is 0.327. The Hall–Kier alpha value is -0.520. The van der Waals surface area contributed by atoms with Crippen molar-refractivity contribution in [3.8, 4) is 12.3 Å². The van der Waals surface area contributed by atoms with Gasteiger partial charge in [0.1, 0.15) is 6.61 Å². The van der Waals surface area contributed by atoms with Gasteiger partial charge in [-0.05, 0) is 12.3 Å². The average molecular weight is 167 g/mol. The Bertz CT molecular complexity index is 171. The van der Waals surface area contributed by atoms with Gasteiger partial charge in [-0.3, -0.25) is 0 Å². The Balaban J connectivity index is 2.22. The summed E-state index contributed by atoms with van der Waals surface area (Å²) in [5.41, 5.74) is 0. The highest BCUT2D eigenvalue weighted by Gasteiger charge is 2.26. The van der Waals surface area contributed by atoms with Gasteiger partial charge in [-0.1, -0.05) is 19.8 Å². The van der Waals surface area contributed by atoms with Gasteiger partial charge in [-0.25, -0.2) is 0 Å². The lowest BCUT2D eigenvalue weighted by Gasteiger charge is -2.13. The van der Waals surface area contributed by atoms with Gasteiger partial charge in [0, 0.05) is 12.6 Å². The highest BCUT2D eigenvalue weighted by atomic mass is 16.5. The van der Waals surface area contributed by atoms with Crippen LogP contribution in [0.1, 0.15) is 20.3 Å². The predicted molar refractivity (Wildman–Crippen MR) is 49.8 cm³/mol. The molecule has 1 saturated heterocycles. The van der Waals surface area contributed by atoms with Crippen molar-refractivity contribution in [2.75, 3.05) is 13.2 Å². The normalized spacial score (nSPS) is 29.2. The van der Waals surface area contributed by atoms with E-state index in [2.05, 4.69) is 25.1 Å². The van der Waals surface area contributed by atoms with Gasteiger partial charge in [0.25, 0.3) is 0 Å². The number of ether oxygens (including phenoxy) is 1. The second kappa shape index (κ2) is 4.49. The summed E-state index contributed by atoms with van der Waals surface area (Å²) in [5.74, 6) is 3.17. The maximum atomic E-state index is 5.43. The predicted octanol–water partition coefficient (Wildman–Crippen LogP) is 1.02. The van der Waals surface area contributed by atoms with E-state index in [1.807, 2.05) is 0 Å². The van der Waals surface area contributed by atoms with E-state index < -0.39 is 0 Å². The summed E-state index contributed by atoms with van der Waals surface area (Å²) in [5, 5.41) is 3.42. The minimum Gasteiger partial charge on any atom is -0.364 e. The van der Waals surface area contributed by atoms with Crippen molar-refractivity contribution in [3.05, 3.63) is 0 Å². The fourth-order valence-corrected chi connectivity index (χ4v) is 1.53. The largest absolute Gasteiger partial charge is 0.364 e. The zero-order valence-electron chi connectivity index (χ0n) is 7.84. The molecule has 12 heavy (non-hydrogen) atoms. The summed E-state index contributed by atoms with van der Waals surface area (Å²) in [6.07, 6.45) is 6.53. The van der Waals surface area contributed by atoms with E-state index in [9.17, 15) is 0 Å². The summed E-state index contributed by atoms with van der Waals surface area (Å²) in [6, 6.07) is 0.604. The molecule has 1 fully saturated rings. The fraction of sp³-hybridized carbons (Fsp3) is 0.800. The Labute approximate surface area is 74.7 Å².